The van der Waals surface area contributed by atoms with E-state index in [1.807, 2.05) is 0 Å². The molecule has 0 aliphatic rings. The van der Waals surface area contributed by atoms with Crippen LogP contribution in [-0.4, -0.2) is 6.54 Å². The Morgan fingerprint density at radius 3 is 3.25 bits per heavy atom. The van der Waals surface area contributed by atoms with Gasteiger partial charge in [-0.15, -0.1) is 0 Å². The average molecular weight is 229 g/mol. The molecule has 4 heavy (non-hydrogen) atoms. The van der Waals surface area contributed by atoms with Gasteiger partial charge in [-0.3, -0.25) is 0 Å². The zero-order valence-electron chi connectivity index (χ0n) is 3.27. The van der Waals surface area contributed by atoms with Crippen molar-refractivity contribution in [2.24, 2.45) is 3.50 Å². The Bertz CT molecular complexity index is 30.8. The van der Waals surface area contributed by atoms with E-state index in [4.69, 9.17) is 1.37 Å². The summed E-state index contributed by atoms with van der Waals surface area (Å²) in [5.41, 5.74) is 0. The van der Waals surface area contributed by atoms with E-state index in [2.05, 4.69) is 3.50 Å². The zero-order valence-corrected chi connectivity index (χ0v) is 5.20. The summed E-state index contributed by atoms with van der Waals surface area (Å²) >= 11 is 1.23. The summed E-state index contributed by atoms with van der Waals surface area (Å²) < 4.78 is 10.3. The van der Waals surface area contributed by atoms with E-state index in [0.717, 1.165) is 6.54 Å². The summed E-state index contributed by atoms with van der Waals surface area (Å²) in [4.78, 5) is 0. The van der Waals surface area contributed by atoms with E-state index in [0.29, 0.717) is 6.90 Å². The van der Waals surface area contributed by atoms with E-state index in [9.17, 15) is 0 Å². The first-order chi connectivity index (χ1) is 2.41. The Balaban J connectivity index is 2.40. The fraction of sp³-hybridized carbons (Fsp3) is 1.00. The fourth-order valence-corrected chi connectivity index (χ4v) is 0. The van der Waals surface area contributed by atoms with Crippen molar-refractivity contribution in [3.05, 3.63) is 0 Å². The Labute approximate surface area is 38.6 Å². The molecule has 0 aromatic rings. The molecule has 0 heterocycles. The van der Waals surface area contributed by atoms with Crippen molar-refractivity contribution in [3.63, 3.8) is 0 Å². The van der Waals surface area contributed by atoms with E-state index < -0.39 is 0 Å². The third-order valence-electron chi connectivity index (χ3n) is 0.0913. The molecule has 0 aliphatic heterocycles. The Kier molecular flexibility index (Phi) is 2.36. The molecule has 0 atom stereocenters. The number of rotatable bonds is 1. The van der Waals surface area contributed by atoms with Crippen molar-refractivity contribution < 1.29 is 21.0 Å². The van der Waals surface area contributed by atoms with Gasteiger partial charge in [0.2, 0.25) is 0 Å². The maximum atomic E-state index is 6.52. The molecule has 1 nitrogen and oxygen atoms in total. The van der Waals surface area contributed by atoms with Crippen LogP contribution >= 0.6 is 0 Å². The van der Waals surface area contributed by atoms with Crippen LogP contribution in [-0.2, 0) is 19.6 Å². The van der Waals surface area contributed by atoms with Crippen LogP contribution in [0.2, 0.25) is 0 Å². The second-order valence-electron chi connectivity index (χ2n) is 0.353. The molecule has 0 rings (SSSR count). The Morgan fingerprint density at radius 2 is 3.25 bits per heavy atom. The summed E-state index contributed by atoms with van der Waals surface area (Å²) in [6.45, 7) is 1.17. The van der Waals surface area contributed by atoms with Gasteiger partial charge in [0.25, 0.3) is 0 Å². The molecule has 0 aliphatic carbocycles. The van der Waals surface area contributed by atoms with Crippen LogP contribution in [0.4, 0.5) is 0 Å². The van der Waals surface area contributed by atoms with Crippen molar-refractivity contribution in [1.29, 1.82) is 0 Å². The van der Waals surface area contributed by atoms with Crippen LogP contribution in [0.1, 0.15) is 8.27 Å². The monoisotopic (exact) mass is 229 g/mol. The van der Waals surface area contributed by atoms with Crippen LogP contribution < -0.4 is 0 Å². The molecule has 2 heteroatoms. The number of nitrogens with zero attached hydrogens (tertiary/aromatic N) is 1. The van der Waals surface area contributed by atoms with Crippen LogP contribution in [0.15, 0.2) is 3.50 Å². The van der Waals surface area contributed by atoms with Gasteiger partial charge < -0.3 is 0 Å². The van der Waals surface area contributed by atoms with Gasteiger partial charge in [0.05, 0.1) is 0 Å². The average Bonchev–Trinajstić information content (AvgIpc) is 1.41. The van der Waals surface area contributed by atoms with Gasteiger partial charge in [-0.25, -0.2) is 0 Å². The van der Waals surface area contributed by atoms with Gasteiger partial charge in [-0.2, -0.15) is 0 Å². The third kappa shape index (κ3) is 2.49. The predicted octanol–water partition coefficient (Wildman–Crippen LogP) is 0.737. The first-order valence-electron chi connectivity index (χ1n) is 1.71. The molecule has 0 radical (unpaired) electrons. The van der Waals surface area contributed by atoms with Gasteiger partial charge in [-0.1, -0.05) is 0 Å². The first kappa shape index (κ1) is 2.71. The van der Waals surface area contributed by atoms with E-state index in [1.165, 1.54) is 19.6 Å². The van der Waals surface area contributed by atoms with Crippen molar-refractivity contribution in [1.82, 2.24) is 0 Å². The minimum absolute atomic E-state index is 0.448. The molecule has 0 saturated heterocycles. The minimum atomic E-state index is 0.448. The van der Waals surface area contributed by atoms with Crippen LogP contribution in [0.5, 0.6) is 0 Å². The van der Waals surface area contributed by atoms with E-state index in [-0.39, 0.29) is 0 Å². The predicted molar refractivity (Wildman–Crippen MR) is 13.0 cm³/mol. The Hall–Kier alpha value is 0.488. The summed E-state index contributed by atoms with van der Waals surface area (Å²) in [6.07, 6.45) is 0. The molecule has 0 fully saturated rings. The standard InChI is InChI=1S/C2H5N.W/c1-2-3;/h2H2,1H3;/i1T;. The van der Waals surface area contributed by atoms with Gasteiger partial charge in [0.1, 0.15) is 0 Å². The molecule has 0 unspecified atom stereocenters. The van der Waals surface area contributed by atoms with Gasteiger partial charge in [0.15, 0.2) is 0 Å². The topological polar surface area (TPSA) is 12.4 Å². The normalized spacial score (nSPS) is 9.50. The Morgan fingerprint density at radius 1 is 2.50 bits per heavy atom. The maximum absolute atomic E-state index is 6.52. The SMILES string of the molecule is [3H]CC[N]=[W]. The van der Waals surface area contributed by atoms with Crippen LogP contribution in [0, 0.1) is 0 Å². The van der Waals surface area contributed by atoms with Crippen molar-refractivity contribution in [2.45, 2.75) is 6.90 Å². The van der Waals surface area contributed by atoms with E-state index >= 15 is 0 Å². The second kappa shape index (κ2) is 3.49. The van der Waals surface area contributed by atoms with Gasteiger partial charge in [-0.05, 0) is 0 Å². The van der Waals surface area contributed by atoms with Gasteiger partial charge >= 0.3 is 37.9 Å². The summed E-state index contributed by atoms with van der Waals surface area (Å²) in [7, 11) is 0. The molecular weight excluding hydrogens is 222 g/mol. The molecule has 0 amide bonds. The second-order valence-corrected chi connectivity index (χ2v) is 1.28. The fourth-order valence-electron chi connectivity index (χ4n) is 0. The molecule has 0 N–H and O–H groups in total. The molecule has 0 saturated carbocycles. The quantitative estimate of drug-likeness (QED) is 0.628. The molecule has 0 aromatic heterocycles. The zero-order chi connectivity index (χ0) is 4.12. The summed E-state index contributed by atoms with van der Waals surface area (Å²) in [5.74, 6) is 0. The molecule has 24 valence electrons. The van der Waals surface area contributed by atoms with Crippen molar-refractivity contribution >= 4 is 0 Å². The van der Waals surface area contributed by atoms with Crippen LogP contribution in [0.3, 0.4) is 0 Å². The summed E-state index contributed by atoms with van der Waals surface area (Å²) in [6, 6.07) is 0. The van der Waals surface area contributed by atoms with Crippen molar-refractivity contribution in [3.8, 4) is 0 Å². The molecule has 0 spiro atoms. The molecule has 0 bridgehead atoms. The number of hydrogen-bond donors (Lipinski definition) is 0. The van der Waals surface area contributed by atoms with Crippen molar-refractivity contribution in [2.75, 3.05) is 6.54 Å². The third-order valence-corrected chi connectivity index (χ3v) is 0.747. The van der Waals surface area contributed by atoms with E-state index in [1.54, 1.807) is 0 Å². The van der Waals surface area contributed by atoms with Gasteiger partial charge in [0, 0.05) is 0 Å². The van der Waals surface area contributed by atoms with Crippen LogP contribution in [0.25, 0.3) is 0 Å². The summed E-state index contributed by atoms with van der Waals surface area (Å²) in [5, 5.41) is 0. The molecule has 0 aromatic carbocycles. The molecular formula is C2H5NW. The number of hydrogen-bond acceptors (Lipinski definition) is 1. The first-order valence-corrected chi connectivity index (χ1v) is 2.31.